The van der Waals surface area contributed by atoms with E-state index in [9.17, 15) is 14.0 Å². The molecule has 0 aliphatic rings. The summed E-state index contributed by atoms with van der Waals surface area (Å²) in [5.41, 5.74) is 1.61. The van der Waals surface area contributed by atoms with Gasteiger partial charge in [-0.15, -0.1) is 11.8 Å². The molecule has 0 bridgehead atoms. The molecule has 0 aliphatic heterocycles. The second kappa shape index (κ2) is 9.58. The van der Waals surface area contributed by atoms with Gasteiger partial charge in [0.05, 0.1) is 5.25 Å². The molecule has 1 atom stereocenters. The standard InChI is InChI=1S/C22H18ClFN2O2S/c1-14(21(27)25-18-10-8-17(24)9-11-18)29-20-7-3-6-19(13-20)26-22(28)15-4-2-5-16(23)12-15/h2-14H,1H3,(H,25,27)(H,26,28). The molecule has 4 nitrogen and oxygen atoms in total. The van der Waals surface area contributed by atoms with Gasteiger partial charge in [-0.25, -0.2) is 4.39 Å². The van der Waals surface area contributed by atoms with Gasteiger partial charge in [-0.05, 0) is 67.6 Å². The van der Waals surface area contributed by atoms with E-state index < -0.39 is 0 Å². The lowest BCUT2D eigenvalue weighted by atomic mass is 10.2. The molecule has 1 unspecified atom stereocenters. The number of carbonyl (C=O) groups is 2. The van der Waals surface area contributed by atoms with Gasteiger partial charge in [-0.3, -0.25) is 9.59 Å². The van der Waals surface area contributed by atoms with Crippen LogP contribution in [-0.2, 0) is 4.79 Å². The van der Waals surface area contributed by atoms with Gasteiger partial charge in [-0.2, -0.15) is 0 Å². The lowest BCUT2D eigenvalue weighted by Gasteiger charge is -2.13. The average Bonchev–Trinajstić information content (AvgIpc) is 2.70. The molecular formula is C22H18ClFN2O2S. The molecule has 0 heterocycles. The average molecular weight is 429 g/mol. The van der Waals surface area contributed by atoms with E-state index in [-0.39, 0.29) is 22.9 Å². The fourth-order valence-electron chi connectivity index (χ4n) is 2.51. The normalized spacial score (nSPS) is 11.6. The molecule has 3 aromatic rings. The molecule has 2 amide bonds. The van der Waals surface area contributed by atoms with Crippen LogP contribution in [0.25, 0.3) is 0 Å². The molecule has 3 aromatic carbocycles. The van der Waals surface area contributed by atoms with Gasteiger partial charge in [0.15, 0.2) is 0 Å². The number of benzene rings is 3. The number of amides is 2. The highest BCUT2D eigenvalue weighted by atomic mass is 35.5. The minimum atomic E-state index is -0.390. The lowest BCUT2D eigenvalue weighted by molar-refractivity contribution is -0.115. The summed E-state index contributed by atoms with van der Waals surface area (Å²) in [5.74, 6) is -0.825. The Morgan fingerprint density at radius 3 is 2.38 bits per heavy atom. The molecule has 148 valence electrons. The van der Waals surface area contributed by atoms with E-state index in [1.807, 2.05) is 6.07 Å². The maximum Gasteiger partial charge on any atom is 0.255 e. The molecule has 29 heavy (non-hydrogen) atoms. The Bertz CT molecular complexity index is 1030. The smallest absolute Gasteiger partial charge is 0.255 e. The molecule has 0 fully saturated rings. The summed E-state index contributed by atoms with van der Waals surface area (Å²) in [6.45, 7) is 1.78. The van der Waals surface area contributed by atoms with E-state index in [0.29, 0.717) is 22.0 Å². The van der Waals surface area contributed by atoms with Crippen LogP contribution in [0, 0.1) is 5.82 Å². The fraction of sp³-hybridized carbons (Fsp3) is 0.0909. The number of nitrogens with one attached hydrogen (secondary N) is 2. The van der Waals surface area contributed by atoms with Crippen molar-refractivity contribution in [2.24, 2.45) is 0 Å². The highest BCUT2D eigenvalue weighted by Crippen LogP contribution is 2.27. The van der Waals surface area contributed by atoms with Gasteiger partial charge in [0.1, 0.15) is 5.82 Å². The molecule has 0 spiro atoms. The van der Waals surface area contributed by atoms with Crippen molar-refractivity contribution in [2.75, 3.05) is 10.6 Å². The monoisotopic (exact) mass is 428 g/mol. The zero-order chi connectivity index (χ0) is 20.8. The highest BCUT2D eigenvalue weighted by Gasteiger charge is 2.15. The van der Waals surface area contributed by atoms with Crippen LogP contribution in [0.1, 0.15) is 17.3 Å². The van der Waals surface area contributed by atoms with E-state index in [4.69, 9.17) is 11.6 Å². The topological polar surface area (TPSA) is 58.2 Å². The zero-order valence-corrected chi connectivity index (χ0v) is 17.1. The minimum absolute atomic E-state index is 0.199. The Hall–Kier alpha value is -2.83. The molecule has 0 aromatic heterocycles. The number of rotatable bonds is 6. The Morgan fingerprint density at radius 1 is 0.931 bits per heavy atom. The highest BCUT2D eigenvalue weighted by molar-refractivity contribution is 8.00. The Balaban J connectivity index is 1.62. The molecule has 7 heteroatoms. The zero-order valence-electron chi connectivity index (χ0n) is 15.5. The SMILES string of the molecule is CC(Sc1cccc(NC(=O)c2cccc(Cl)c2)c1)C(=O)Nc1ccc(F)cc1. The van der Waals surface area contributed by atoms with E-state index in [1.165, 1.54) is 36.0 Å². The van der Waals surface area contributed by atoms with Gasteiger partial charge in [0.25, 0.3) is 5.91 Å². The van der Waals surface area contributed by atoms with Crippen molar-refractivity contribution in [3.05, 3.63) is 89.2 Å². The van der Waals surface area contributed by atoms with Crippen molar-refractivity contribution in [3.8, 4) is 0 Å². The van der Waals surface area contributed by atoms with E-state index in [0.717, 1.165) is 4.90 Å². The van der Waals surface area contributed by atoms with E-state index in [2.05, 4.69) is 10.6 Å². The molecule has 0 radical (unpaired) electrons. The number of anilines is 2. The summed E-state index contributed by atoms with van der Waals surface area (Å²) in [4.78, 5) is 25.6. The van der Waals surface area contributed by atoms with Crippen molar-refractivity contribution in [1.82, 2.24) is 0 Å². The molecular weight excluding hydrogens is 411 g/mol. The summed E-state index contributed by atoms with van der Waals surface area (Å²) >= 11 is 7.29. The summed E-state index contributed by atoms with van der Waals surface area (Å²) < 4.78 is 13.0. The third-order valence-corrected chi connectivity index (χ3v) is 5.30. The van der Waals surface area contributed by atoms with Gasteiger partial charge < -0.3 is 10.6 Å². The van der Waals surface area contributed by atoms with Gasteiger partial charge >= 0.3 is 0 Å². The van der Waals surface area contributed by atoms with Gasteiger partial charge in [0.2, 0.25) is 5.91 Å². The maximum absolute atomic E-state index is 13.0. The molecule has 0 aliphatic carbocycles. The predicted octanol–water partition coefficient (Wildman–Crippen LogP) is 5.85. The third-order valence-electron chi connectivity index (χ3n) is 3.97. The van der Waals surface area contributed by atoms with Crippen LogP contribution in [0.15, 0.2) is 77.7 Å². The van der Waals surface area contributed by atoms with Crippen LogP contribution < -0.4 is 10.6 Å². The number of carbonyl (C=O) groups excluding carboxylic acids is 2. The van der Waals surface area contributed by atoms with Crippen molar-refractivity contribution in [2.45, 2.75) is 17.1 Å². The molecule has 0 saturated carbocycles. The van der Waals surface area contributed by atoms with Crippen molar-refractivity contribution in [3.63, 3.8) is 0 Å². The maximum atomic E-state index is 13.0. The predicted molar refractivity (Wildman–Crippen MR) is 116 cm³/mol. The van der Waals surface area contributed by atoms with Crippen LogP contribution >= 0.6 is 23.4 Å². The van der Waals surface area contributed by atoms with Crippen LogP contribution in [0.4, 0.5) is 15.8 Å². The fourth-order valence-corrected chi connectivity index (χ4v) is 3.63. The first kappa shape index (κ1) is 20.9. The Labute approximate surface area is 177 Å². The number of thioether (sulfide) groups is 1. The second-order valence-corrected chi connectivity index (χ2v) is 8.10. The lowest BCUT2D eigenvalue weighted by Crippen LogP contribution is -2.22. The van der Waals surface area contributed by atoms with Crippen LogP contribution in [-0.4, -0.2) is 17.1 Å². The summed E-state index contributed by atoms with van der Waals surface area (Å²) in [7, 11) is 0. The van der Waals surface area contributed by atoms with Crippen LogP contribution in [0.2, 0.25) is 5.02 Å². The molecule has 2 N–H and O–H groups in total. The Morgan fingerprint density at radius 2 is 1.66 bits per heavy atom. The van der Waals surface area contributed by atoms with Gasteiger partial charge in [-0.1, -0.05) is 23.7 Å². The summed E-state index contributed by atoms with van der Waals surface area (Å²) in [5, 5.41) is 5.68. The number of hydrogen-bond acceptors (Lipinski definition) is 3. The van der Waals surface area contributed by atoms with E-state index in [1.54, 1.807) is 49.4 Å². The van der Waals surface area contributed by atoms with Crippen LogP contribution in [0.5, 0.6) is 0 Å². The van der Waals surface area contributed by atoms with Gasteiger partial charge in [0, 0.05) is 26.9 Å². The minimum Gasteiger partial charge on any atom is -0.325 e. The van der Waals surface area contributed by atoms with Crippen molar-refractivity contribution in [1.29, 1.82) is 0 Å². The largest absolute Gasteiger partial charge is 0.325 e. The summed E-state index contributed by atoms with van der Waals surface area (Å²) in [6.07, 6.45) is 0. The molecule has 3 rings (SSSR count). The first-order valence-electron chi connectivity index (χ1n) is 8.81. The van der Waals surface area contributed by atoms with Crippen LogP contribution in [0.3, 0.4) is 0 Å². The molecule has 0 saturated heterocycles. The number of hydrogen-bond donors (Lipinski definition) is 2. The van der Waals surface area contributed by atoms with Crippen molar-refractivity contribution < 1.29 is 14.0 Å². The first-order chi connectivity index (χ1) is 13.9. The van der Waals surface area contributed by atoms with Crippen molar-refractivity contribution >= 4 is 46.6 Å². The number of halogens is 2. The summed E-state index contributed by atoms with van der Waals surface area (Å²) in [6, 6.07) is 19.5. The third kappa shape index (κ3) is 6.07. The second-order valence-electron chi connectivity index (χ2n) is 6.25. The van der Waals surface area contributed by atoms with E-state index >= 15 is 0 Å². The quantitative estimate of drug-likeness (QED) is 0.484. The Kier molecular flexibility index (Phi) is 6.90. The first-order valence-corrected chi connectivity index (χ1v) is 10.1.